The SMILES string of the molecule is CC(C)Oc1nccc2c1C(c1cc(C(=O)N(C)C)n(C(C)C)c1)=NC2. The molecule has 2 aromatic rings. The van der Waals surface area contributed by atoms with Crippen LogP contribution in [-0.4, -0.2) is 46.3 Å². The van der Waals surface area contributed by atoms with Gasteiger partial charge in [-0.1, -0.05) is 0 Å². The van der Waals surface area contributed by atoms with E-state index >= 15 is 0 Å². The Labute approximate surface area is 154 Å². The van der Waals surface area contributed by atoms with Crippen LogP contribution >= 0.6 is 0 Å². The summed E-state index contributed by atoms with van der Waals surface area (Å²) in [6.07, 6.45) is 3.79. The van der Waals surface area contributed by atoms with Crippen LogP contribution in [0.4, 0.5) is 0 Å². The normalized spacial score (nSPS) is 13.2. The van der Waals surface area contributed by atoms with Gasteiger partial charge in [-0.15, -0.1) is 0 Å². The van der Waals surface area contributed by atoms with Crippen molar-refractivity contribution in [3.05, 3.63) is 46.9 Å². The van der Waals surface area contributed by atoms with Crippen LogP contribution in [0.15, 0.2) is 29.5 Å². The minimum Gasteiger partial charge on any atom is -0.474 e. The molecule has 1 amide bonds. The van der Waals surface area contributed by atoms with Crippen molar-refractivity contribution in [1.29, 1.82) is 0 Å². The molecule has 2 aromatic heterocycles. The second-order valence-electron chi connectivity index (χ2n) is 7.30. The van der Waals surface area contributed by atoms with Crippen LogP contribution in [0.25, 0.3) is 0 Å². The number of aromatic nitrogens is 2. The lowest BCUT2D eigenvalue weighted by Gasteiger charge is -2.15. The molecule has 26 heavy (non-hydrogen) atoms. The number of pyridine rings is 1. The van der Waals surface area contributed by atoms with E-state index in [9.17, 15) is 4.79 Å². The molecule has 0 saturated heterocycles. The summed E-state index contributed by atoms with van der Waals surface area (Å²) in [6, 6.07) is 4.07. The van der Waals surface area contributed by atoms with Crippen molar-refractivity contribution >= 4 is 11.6 Å². The van der Waals surface area contributed by atoms with Gasteiger partial charge in [0.2, 0.25) is 5.88 Å². The average Bonchev–Trinajstić information content (AvgIpc) is 3.17. The van der Waals surface area contributed by atoms with Gasteiger partial charge in [0.25, 0.3) is 5.91 Å². The summed E-state index contributed by atoms with van der Waals surface area (Å²) < 4.78 is 7.90. The standard InChI is InChI=1S/C20H26N4O2/c1-12(2)24-11-15(9-16(24)20(25)23(5)6)18-17-14(10-22-18)7-8-21-19(17)26-13(3)4/h7-9,11-13H,10H2,1-6H3. The highest BCUT2D eigenvalue weighted by atomic mass is 16.5. The topological polar surface area (TPSA) is 59.7 Å². The van der Waals surface area contributed by atoms with Gasteiger partial charge < -0.3 is 14.2 Å². The number of carbonyl (C=O) groups is 1. The number of nitrogens with zero attached hydrogens (tertiary/aromatic N) is 4. The third kappa shape index (κ3) is 3.23. The number of carbonyl (C=O) groups excluding carboxylic acids is 1. The minimum atomic E-state index is -0.0198. The molecule has 0 saturated carbocycles. The van der Waals surface area contributed by atoms with E-state index in [4.69, 9.17) is 9.73 Å². The summed E-state index contributed by atoms with van der Waals surface area (Å²) in [7, 11) is 3.53. The lowest BCUT2D eigenvalue weighted by molar-refractivity contribution is 0.0815. The fourth-order valence-electron chi connectivity index (χ4n) is 3.09. The number of amides is 1. The molecule has 0 bridgehead atoms. The zero-order valence-corrected chi connectivity index (χ0v) is 16.3. The van der Waals surface area contributed by atoms with Crippen LogP contribution in [0.5, 0.6) is 5.88 Å². The monoisotopic (exact) mass is 354 g/mol. The highest BCUT2D eigenvalue weighted by molar-refractivity contribution is 6.17. The molecule has 1 aliphatic rings. The van der Waals surface area contributed by atoms with E-state index in [1.54, 1.807) is 25.2 Å². The molecule has 0 fully saturated rings. The Bertz CT molecular complexity index is 863. The first-order valence-electron chi connectivity index (χ1n) is 8.92. The number of hydrogen-bond acceptors (Lipinski definition) is 4. The summed E-state index contributed by atoms with van der Waals surface area (Å²) in [4.78, 5) is 23.3. The Kier molecular flexibility index (Phi) is 4.85. The first-order chi connectivity index (χ1) is 12.3. The third-order valence-corrected chi connectivity index (χ3v) is 4.30. The van der Waals surface area contributed by atoms with Crippen molar-refractivity contribution in [3.63, 3.8) is 0 Å². The zero-order chi connectivity index (χ0) is 19.0. The number of hydrogen-bond donors (Lipinski definition) is 0. The number of fused-ring (bicyclic) bond motifs is 1. The van der Waals surface area contributed by atoms with Crippen molar-refractivity contribution in [3.8, 4) is 5.88 Å². The predicted molar refractivity (Wildman–Crippen MR) is 102 cm³/mol. The highest BCUT2D eigenvalue weighted by Gasteiger charge is 2.27. The van der Waals surface area contributed by atoms with Gasteiger partial charge in [0.1, 0.15) is 5.69 Å². The van der Waals surface area contributed by atoms with Crippen molar-refractivity contribution in [1.82, 2.24) is 14.5 Å². The molecule has 3 rings (SSSR count). The van der Waals surface area contributed by atoms with Crippen molar-refractivity contribution in [2.45, 2.75) is 46.4 Å². The van der Waals surface area contributed by atoms with E-state index in [0.29, 0.717) is 18.1 Å². The van der Waals surface area contributed by atoms with Gasteiger partial charge in [-0.05, 0) is 45.4 Å². The van der Waals surface area contributed by atoms with Crippen LogP contribution in [-0.2, 0) is 6.54 Å². The van der Waals surface area contributed by atoms with E-state index in [1.807, 2.05) is 36.7 Å². The average molecular weight is 354 g/mol. The molecule has 0 spiro atoms. The first kappa shape index (κ1) is 18.2. The van der Waals surface area contributed by atoms with Crippen LogP contribution in [0.1, 0.15) is 60.9 Å². The van der Waals surface area contributed by atoms with Gasteiger partial charge >= 0.3 is 0 Å². The van der Waals surface area contributed by atoms with Crippen LogP contribution < -0.4 is 4.74 Å². The number of ether oxygens (including phenoxy) is 1. The maximum absolute atomic E-state index is 12.6. The Morgan fingerprint density at radius 1 is 1.27 bits per heavy atom. The van der Waals surface area contributed by atoms with Gasteiger partial charge in [0.15, 0.2) is 0 Å². The Morgan fingerprint density at radius 2 is 2.00 bits per heavy atom. The van der Waals surface area contributed by atoms with Gasteiger partial charge in [-0.25, -0.2) is 4.98 Å². The van der Waals surface area contributed by atoms with Gasteiger partial charge in [-0.3, -0.25) is 9.79 Å². The maximum Gasteiger partial charge on any atom is 0.269 e. The molecule has 6 heteroatoms. The van der Waals surface area contributed by atoms with Gasteiger partial charge in [0.05, 0.1) is 23.9 Å². The fourth-order valence-corrected chi connectivity index (χ4v) is 3.09. The van der Waals surface area contributed by atoms with Crippen molar-refractivity contribution < 1.29 is 9.53 Å². The van der Waals surface area contributed by atoms with E-state index in [0.717, 1.165) is 22.4 Å². The molecule has 0 unspecified atom stereocenters. The van der Waals surface area contributed by atoms with Crippen molar-refractivity contribution in [2.75, 3.05) is 14.1 Å². The molecular weight excluding hydrogens is 328 g/mol. The largest absolute Gasteiger partial charge is 0.474 e. The van der Waals surface area contributed by atoms with Gasteiger partial charge in [0, 0.05) is 38.1 Å². The lowest BCUT2D eigenvalue weighted by atomic mass is 10.0. The van der Waals surface area contributed by atoms with Crippen LogP contribution in [0, 0.1) is 0 Å². The Balaban J connectivity index is 2.08. The van der Waals surface area contributed by atoms with Crippen LogP contribution in [0.3, 0.4) is 0 Å². The third-order valence-electron chi connectivity index (χ3n) is 4.30. The lowest BCUT2D eigenvalue weighted by Crippen LogP contribution is -2.24. The quantitative estimate of drug-likeness (QED) is 0.828. The summed E-state index contributed by atoms with van der Waals surface area (Å²) in [6.45, 7) is 8.70. The minimum absolute atomic E-state index is 0.0198. The van der Waals surface area contributed by atoms with Crippen molar-refractivity contribution in [2.24, 2.45) is 4.99 Å². The molecule has 0 aromatic carbocycles. The smallest absolute Gasteiger partial charge is 0.269 e. The van der Waals surface area contributed by atoms with Crippen LogP contribution in [0.2, 0.25) is 0 Å². The van der Waals surface area contributed by atoms with E-state index in [-0.39, 0.29) is 18.1 Å². The summed E-state index contributed by atoms with van der Waals surface area (Å²) in [5, 5.41) is 0. The molecule has 0 N–H and O–H groups in total. The molecule has 0 aliphatic carbocycles. The van der Waals surface area contributed by atoms with E-state index < -0.39 is 0 Å². The fraction of sp³-hybridized carbons (Fsp3) is 0.450. The second kappa shape index (κ2) is 6.94. The molecular formula is C20H26N4O2. The molecule has 0 radical (unpaired) electrons. The summed E-state index contributed by atoms with van der Waals surface area (Å²) in [5.41, 5.74) is 4.46. The van der Waals surface area contributed by atoms with E-state index in [2.05, 4.69) is 18.8 Å². The molecule has 0 atom stereocenters. The highest BCUT2D eigenvalue weighted by Crippen LogP contribution is 2.31. The molecule has 1 aliphatic heterocycles. The maximum atomic E-state index is 12.6. The Hall–Kier alpha value is -2.63. The number of rotatable bonds is 5. The number of aliphatic imine (C=N–C) groups is 1. The van der Waals surface area contributed by atoms with Gasteiger partial charge in [-0.2, -0.15) is 0 Å². The molecule has 138 valence electrons. The molecule has 6 nitrogen and oxygen atoms in total. The molecule has 3 heterocycles. The second-order valence-corrected chi connectivity index (χ2v) is 7.30. The van der Waals surface area contributed by atoms with E-state index in [1.165, 1.54) is 0 Å². The first-order valence-corrected chi connectivity index (χ1v) is 8.92. The zero-order valence-electron chi connectivity index (χ0n) is 16.3. The predicted octanol–water partition coefficient (Wildman–Crippen LogP) is 3.30. The Morgan fingerprint density at radius 3 is 2.62 bits per heavy atom. The summed E-state index contributed by atoms with van der Waals surface area (Å²) >= 11 is 0. The summed E-state index contributed by atoms with van der Waals surface area (Å²) in [5.74, 6) is 0.583.